The van der Waals surface area contributed by atoms with E-state index in [1.54, 1.807) is 33.1 Å². The largest absolute Gasteiger partial charge is 0.496 e. The molecule has 2 saturated heterocycles. The number of amides is 2. The molecule has 7 nitrogen and oxygen atoms in total. The van der Waals surface area contributed by atoms with Gasteiger partial charge in [0.1, 0.15) is 11.4 Å². The lowest BCUT2D eigenvalue weighted by molar-refractivity contribution is -0.271. The van der Waals surface area contributed by atoms with Crippen LogP contribution in [0.1, 0.15) is 41.0 Å². The molecule has 0 bridgehead atoms. The van der Waals surface area contributed by atoms with E-state index in [1.165, 1.54) is 12.1 Å². The molecular weight excluding hydrogens is 489 g/mol. The van der Waals surface area contributed by atoms with Crippen LogP contribution in [-0.4, -0.2) is 62.5 Å². The number of carbonyl (C=O) groups is 2. The van der Waals surface area contributed by atoms with Gasteiger partial charge in [-0.3, -0.25) is 4.79 Å². The van der Waals surface area contributed by atoms with Gasteiger partial charge in [-0.05, 0) is 19.9 Å². The van der Waals surface area contributed by atoms with Crippen LogP contribution in [-0.2, 0) is 19.9 Å². The van der Waals surface area contributed by atoms with Gasteiger partial charge in [-0.2, -0.15) is 13.2 Å². The molecule has 1 N–H and O–H groups in total. The molecule has 0 aliphatic carbocycles. The molecule has 200 valence electrons. The summed E-state index contributed by atoms with van der Waals surface area (Å²) in [5.41, 5.74) is -2.41. The molecular formula is C27H31F3N2O5. The Balaban J connectivity index is 1.66. The number of aryl methyl sites for hydroxylation is 2. The van der Waals surface area contributed by atoms with E-state index < -0.39 is 29.4 Å². The topological polar surface area (TPSA) is 77.1 Å². The van der Waals surface area contributed by atoms with Crippen LogP contribution in [0.4, 0.5) is 18.0 Å². The van der Waals surface area contributed by atoms with Crippen LogP contribution in [0.25, 0.3) is 0 Å². The van der Waals surface area contributed by atoms with Crippen molar-refractivity contribution in [3.8, 4) is 5.75 Å². The molecule has 2 amide bonds. The molecule has 2 fully saturated rings. The van der Waals surface area contributed by atoms with Crippen molar-refractivity contribution >= 4 is 12.0 Å². The highest BCUT2D eigenvalue weighted by molar-refractivity contribution is 5.88. The summed E-state index contributed by atoms with van der Waals surface area (Å²) in [5.74, 6) is -0.875. The number of nitrogens with zero attached hydrogens (tertiary/aromatic N) is 1. The van der Waals surface area contributed by atoms with Gasteiger partial charge in [0, 0.05) is 56.6 Å². The normalized spacial score (nSPS) is 21.1. The Bertz CT molecular complexity index is 1160. The fourth-order valence-electron chi connectivity index (χ4n) is 5.68. The summed E-state index contributed by atoms with van der Waals surface area (Å²) in [6.07, 6.45) is -5.27. The van der Waals surface area contributed by atoms with Crippen molar-refractivity contribution in [2.75, 3.05) is 33.9 Å². The number of para-hydroxylation sites is 1. The van der Waals surface area contributed by atoms with Crippen LogP contribution in [0, 0.1) is 13.8 Å². The number of hydrogen-bond donors (Lipinski definition) is 1. The summed E-state index contributed by atoms with van der Waals surface area (Å²) in [5, 5.41) is 2.71. The Labute approximate surface area is 213 Å². The number of alkyl halides is 3. The smallest absolute Gasteiger partial charge is 0.430 e. The molecule has 0 radical (unpaired) electrons. The van der Waals surface area contributed by atoms with E-state index in [-0.39, 0.29) is 44.0 Å². The molecule has 0 aromatic heterocycles. The van der Waals surface area contributed by atoms with E-state index >= 15 is 0 Å². The van der Waals surface area contributed by atoms with Crippen molar-refractivity contribution in [3.05, 3.63) is 64.7 Å². The van der Waals surface area contributed by atoms with Crippen molar-refractivity contribution in [2.45, 2.75) is 50.0 Å². The van der Waals surface area contributed by atoms with Gasteiger partial charge < -0.3 is 24.4 Å². The second kappa shape index (κ2) is 9.89. The van der Waals surface area contributed by atoms with Crippen molar-refractivity contribution in [1.82, 2.24) is 10.2 Å². The number of benzene rings is 2. The predicted octanol–water partition coefficient (Wildman–Crippen LogP) is 4.60. The van der Waals surface area contributed by atoms with E-state index in [0.717, 1.165) is 17.6 Å². The Morgan fingerprint density at radius 1 is 1.08 bits per heavy atom. The number of likely N-dealkylation sites (tertiary alicyclic amines) is 1. The number of piperidine rings is 1. The first kappa shape index (κ1) is 26.8. The van der Waals surface area contributed by atoms with Crippen LogP contribution >= 0.6 is 0 Å². The van der Waals surface area contributed by atoms with E-state index in [2.05, 4.69) is 5.32 Å². The van der Waals surface area contributed by atoms with Gasteiger partial charge in [0.2, 0.25) is 0 Å². The van der Waals surface area contributed by atoms with Crippen LogP contribution in [0.15, 0.2) is 42.5 Å². The SMILES string of the molecule is COc1ccccc1[C@H]1CNC(=O)OC12CCN(C(=O)[C@@](OC)(c1cc(C)cc(C)c1)C(F)(F)F)CC2. The summed E-state index contributed by atoms with van der Waals surface area (Å²) in [4.78, 5) is 27.1. The molecule has 2 aliphatic heterocycles. The van der Waals surface area contributed by atoms with Crippen molar-refractivity contribution < 1.29 is 37.0 Å². The second-order valence-electron chi connectivity index (χ2n) is 9.68. The number of halogens is 3. The maximum absolute atomic E-state index is 14.6. The van der Waals surface area contributed by atoms with Crippen LogP contribution in [0.3, 0.4) is 0 Å². The minimum Gasteiger partial charge on any atom is -0.496 e. The van der Waals surface area contributed by atoms with Crippen molar-refractivity contribution in [1.29, 1.82) is 0 Å². The highest BCUT2D eigenvalue weighted by atomic mass is 19.4. The second-order valence-corrected chi connectivity index (χ2v) is 9.68. The number of alkyl carbamates (subject to hydrolysis) is 1. The number of carbonyl (C=O) groups excluding carboxylic acids is 2. The van der Waals surface area contributed by atoms with Gasteiger partial charge in [0.05, 0.1) is 7.11 Å². The first-order valence-electron chi connectivity index (χ1n) is 12.1. The number of methoxy groups -OCH3 is 2. The lowest BCUT2D eigenvalue weighted by Gasteiger charge is -2.49. The molecule has 10 heteroatoms. The minimum atomic E-state index is -5.00. The molecule has 4 rings (SSSR count). The van der Waals surface area contributed by atoms with Crippen molar-refractivity contribution in [2.24, 2.45) is 0 Å². The predicted molar refractivity (Wildman–Crippen MR) is 129 cm³/mol. The average Bonchev–Trinajstić information content (AvgIpc) is 2.84. The molecule has 2 aliphatic rings. The van der Waals surface area contributed by atoms with Gasteiger partial charge in [-0.15, -0.1) is 0 Å². The Morgan fingerprint density at radius 2 is 1.70 bits per heavy atom. The van der Waals surface area contributed by atoms with Crippen LogP contribution in [0.5, 0.6) is 5.75 Å². The Hall–Kier alpha value is -3.27. The lowest BCUT2D eigenvalue weighted by atomic mass is 9.74. The van der Waals surface area contributed by atoms with Gasteiger partial charge in [0.15, 0.2) is 0 Å². The molecule has 0 unspecified atom stereocenters. The number of ether oxygens (including phenoxy) is 3. The summed E-state index contributed by atoms with van der Waals surface area (Å²) < 4.78 is 60.3. The number of nitrogens with one attached hydrogen (secondary N) is 1. The monoisotopic (exact) mass is 520 g/mol. The summed E-state index contributed by atoms with van der Waals surface area (Å²) in [7, 11) is 2.45. The Kier molecular flexibility index (Phi) is 7.16. The average molecular weight is 521 g/mol. The summed E-state index contributed by atoms with van der Waals surface area (Å²) in [6.45, 7) is 3.55. The first-order chi connectivity index (χ1) is 17.5. The third-order valence-corrected chi connectivity index (χ3v) is 7.43. The minimum absolute atomic E-state index is 0.0379. The standard InChI is InChI=1S/C27H31F3N2O5/c1-17-13-18(2)15-19(14-17)26(36-4,27(28,29)30)23(33)32-11-9-25(10-12-32)21(16-31-24(34)37-25)20-7-5-6-8-22(20)35-3/h5-8,13-15,21H,9-12,16H2,1-4H3,(H,31,34)/t21-,26+/m1/s1. The zero-order valence-electron chi connectivity index (χ0n) is 21.3. The molecule has 2 heterocycles. The van der Waals surface area contributed by atoms with E-state index in [9.17, 15) is 22.8 Å². The third-order valence-electron chi connectivity index (χ3n) is 7.43. The van der Waals surface area contributed by atoms with Gasteiger partial charge in [-0.1, -0.05) is 47.5 Å². The fraction of sp³-hybridized carbons (Fsp3) is 0.481. The van der Waals surface area contributed by atoms with Crippen LogP contribution in [0.2, 0.25) is 0 Å². The highest BCUT2D eigenvalue weighted by Gasteiger charge is 2.64. The number of rotatable bonds is 5. The van der Waals surface area contributed by atoms with Gasteiger partial charge >= 0.3 is 12.3 Å². The van der Waals surface area contributed by atoms with Crippen molar-refractivity contribution in [3.63, 3.8) is 0 Å². The molecule has 1 spiro atoms. The van der Waals surface area contributed by atoms with Crippen LogP contribution < -0.4 is 10.1 Å². The molecule has 2 aromatic carbocycles. The molecule has 2 atom stereocenters. The third kappa shape index (κ3) is 4.63. The summed E-state index contributed by atoms with van der Waals surface area (Å²) >= 11 is 0. The lowest BCUT2D eigenvalue weighted by Crippen LogP contribution is -2.62. The first-order valence-corrected chi connectivity index (χ1v) is 12.1. The zero-order valence-corrected chi connectivity index (χ0v) is 21.3. The van der Waals surface area contributed by atoms with Gasteiger partial charge in [-0.25, -0.2) is 4.79 Å². The molecule has 0 saturated carbocycles. The van der Waals surface area contributed by atoms with E-state index in [4.69, 9.17) is 14.2 Å². The number of hydrogen-bond acceptors (Lipinski definition) is 5. The molecule has 2 aromatic rings. The quantitative estimate of drug-likeness (QED) is 0.624. The Morgan fingerprint density at radius 3 is 2.27 bits per heavy atom. The van der Waals surface area contributed by atoms with Gasteiger partial charge in [0.25, 0.3) is 11.5 Å². The van der Waals surface area contributed by atoms with E-state index in [1.807, 2.05) is 18.2 Å². The maximum atomic E-state index is 14.6. The fourth-order valence-corrected chi connectivity index (χ4v) is 5.68. The van der Waals surface area contributed by atoms with E-state index in [0.29, 0.717) is 16.9 Å². The highest BCUT2D eigenvalue weighted by Crippen LogP contribution is 2.47. The molecule has 37 heavy (non-hydrogen) atoms. The maximum Gasteiger partial charge on any atom is 0.430 e. The zero-order chi connectivity index (χ0) is 27.0. The summed E-state index contributed by atoms with van der Waals surface area (Å²) in [6, 6.07) is 11.8.